The van der Waals surface area contributed by atoms with Gasteiger partial charge in [-0.25, -0.2) is 4.98 Å². The Hall–Kier alpha value is -0.630. The normalized spacial score (nSPS) is 8.00. The monoisotopic (exact) mass is 161 g/mol. The molecule has 0 atom stereocenters. The van der Waals surface area contributed by atoms with Crippen molar-refractivity contribution in [3.05, 3.63) is 29.3 Å². The van der Waals surface area contributed by atoms with E-state index in [1.54, 1.807) is 0 Å². The first-order valence-electron chi connectivity index (χ1n) is 3.06. The fourth-order valence-electron chi connectivity index (χ4n) is 0.358. The van der Waals surface area contributed by atoms with Gasteiger partial charge in [-0.1, -0.05) is 25.4 Å². The molecule has 10 heavy (non-hydrogen) atoms. The van der Waals surface area contributed by atoms with E-state index in [0.717, 1.165) is 0 Å². The third-order valence-electron chi connectivity index (χ3n) is 0.691. The van der Waals surface area contributed by atoms with Crippen LogP contribution in [0.5, 0.6) is 0 Å². The largest absolute Gasteiger partial charge is 0.227 e. The minimum Gasteiger partial charge on any atom is -0.227 e. The topological polar surface area (TPSA) is 12.9 Å². The summed E-state index contributed by atoms with van der Waals surface area (Å²) in [7, 11) is 0. The lowest BCUT2D eigenvalue weighted by Gasteiger charge is -1.84. The molecule has 1 aromatic heterocycles. The first-order valence-corrected chi connectivity index (χ1v) is 3.44. The zero-order chi connectivity index (χ0) is 7.98. The van der Waals surface area contributed by atoms with E-state index in [2.05, 4.69) is 4.98 Å². The van der Waals surface area contributed by atoms with E-state index in [4.69, 9.17) is 11.6 Å². The summed E-state index contributed by atoms with van der Waals surface area (Å²) in [5.41, 5.74) is 0. The number of nitrogens with zero attached hydrogens (tertiary/aromatic N) is 1. The van der Waals surface area contributed by atoms with Gasteiger partial charge in [0.15, 0.2) is 0 Å². The number of hydrogen-bond donors (Lipinski definition) is 0. The molecule has 0 N–H and O–H groups in total. The van der Waals surface area contributed by atoms with Crippen molar-refractivity contribution in [2.45, 2.75) is 13.8 Å². The van der Waals surface area contributed by atoms with E-state index < -0.39 is 5.95 Å². The third kappa shape index (κ3) is 3.41. The standard InChI is InChI=1S/C5H3ClFN.C2H6/c6-4-1-2-5(7)8-3-4;1-2/h1-3H;1-2H3. The molecule has 1 aromatic rings. The van der Waals surface area contributed by atoms with Gasteiger partial charge in [-0.15, -0.1) is 0 Å². The van der Waals surface area contributed by atoms with Gasteiger partial charge >= 0.3 is 0 Å². The summed E-state index contributed by atoms with van der Waals surface area (Å²) in [6, 6.07) is 2.66. The molecule has 0 radical (unpaired) electrons. The number of halogens is 2. The first-order chi connectivity index (χ1) is 4.79. The SMILES string of the molecule is CC.Fc1ccc(Cl)cn1. The van der Waals surface area contributed by atoms with E-state index in [1.165, 1.54) is 18.3 Å². The van der Waals surface area contributed by atoms with E-state index >= 15 is 0 Å². The lowest BCUT2D eigenvalue weighted by molar-refractivity contribution is 0.584. The summed E-state index contributed by atoms with van der Waals surface area (Å²) in [6.45, 7) is 4.00. The highest BCUT2D eigenvalue weighted by Crippen LogP contribution is 2.03. The lowest BCUT2D eigenvalue weighted by Crippen LogP contribution is -1.76. The van der Waals surface area contributed by atoms with E-state index in [0.29, 0.717) is 5.02 Å². The predicted octanol–water partition coefficient (Wildman–Crippen LogP) is 2.90. The van der Waals surface area contributed by atoms with Gasteiger partial charge < -0.3 is 0 Å². The molecule has 0 aliphatic rings. The molecule has 0 aromatic carbocycles. The molecule has 0 aliphatic carbocycles. The maximum atomic E-state index is 11.9. The minimum absolute atomic E-state index is 0.450. The highest BCUT2D eigenvalue weighted by atomic mass is 35.5. The summed E-state index contributed by atoms with van der Waals surface area (Å²) in [5, 5.41) is 0.450. The van der Waals surface area contributed by atoms with Gasteiger partial charge in [-0.2, -0.15) is 4.39 Å². The molecule has 0 unspecified atom stereocenters. The molecule has 0 fully saturated rings. The quantitative estimate of drug-likeness (QED) is 0.534. The van der Waals surface area contributed by atoms with Crippen LogP contribution in [0.25, 0.3) is 0 Å². The van der Waals surface area contributed by atoms with Gasteiger partial charge in [-0.3, -0.25) is 0 Å². The summed E-state index contributed by atoms with van der Waals surface area (Å²) in [4.78, 5) is 3.28. The van der Waals surface area contributed by atoms with Crippen LogP contribution in [-0.4, -0.2) is 4.98 Å². The molecule has 0 saturated heterocycles. The molecule has 0 amide bonds. The van der Waals surface area contributed by atoms with Gasteiger partial charge in [0.05, 0.1) is 5.02 Å². The third-order valence-corrected chi connectivity index (χ3v) is 0.915. The summed E-state index contributed by atoms with van der Waals surface area (Å²) in [6.07, 6.45) is 1.26. The first kappa shape index (κ1) is 9.37. The van der Waals surface area contributed by atoms with Crippen molar-refractivity contribution in [2.24, 2.45) is 0 Å². The van der Waals surface area contributed by atoms with Crippen LogP contribution in [0.4, 0.5) is 4.39 Å². The van der Waals surface area contributed by atoms with Crippen molar-refractivity contribution >= 4 is 11.6 Å². The van der Waals surface area contributed by atoms with Crippen LogP contribution in [0, 0.1) is 5.95 Å². The molecule has 0 saturated carbocycles. The molecule has 0 bridgehead atoms. The fraction of sp³-hybridized carbons (Fsp3) is 0.286. The van der Waals surface area contributed by atoms with Gasteiger partial charge in [0.25, 0.3) is 0 Å². The van der Waals surface area contributed by atoms with Crippen LogP contribution in [0.3, 0.4) is 0 Å². The van der Waals surface area contributed by atoms with Crippen LogP contribution >= 0.6 is 11.6 Å². The van der Waals surface area contributed by atoms with Crippen LogP contribution in [0.2, 0.25) is 5.02 Å². The highest BCUT2D eigenvalue weighted by molar-refractivity contribution is 6.30. The van der Waals surface area contributed by atoms with Crippen LogP contribution in [-0.2, 0) is 0 Å². The molecule has 0 spiro atoms. The predicted molar refractivity (Wildman–Crippen MR) is 40.6 cm³/mol. The van der Waals surface area contributed by atoms with E-state index in [-0.39, 0.29) is 0 Å². The second-order valence-electron chi connectivity index (χ2n) is 1.30. The van der Waals surface area contributed by atoms with Crippen LogP contribution in [0.1, 0.15) is 13.8 Å². The molecule has 1 heterocycles. The van der Waals surface area contributed by atoms with Crippen molar-refractivity contribution in [1.82, 2.24) is 4.98 Å². The molecular weight excluding hydrogens is 153 g/mol. The zero-order valence-corrected chi connectivity index (χ0v) is 6.69. The Morgan fingerprint density at radius 1 is 1.40 bits per heavy atom. The van der Waals surface area contributed by atoms with Crippen LogP contribution < -0.4 is 0 Å². The second-order valence-corrected chi connectivity index (χ2v) is 1.74. The summed E-state index contributed by atoms with van der Waals surface area (Å²) in [5.74, 6) is -0.505. The van der Waals surface area contributed by atoms with Crippen molar-refractivity contribution in [2.75, 3.05) is 0 Å². The number of hydrogen-bond acceptors (Lipinski definition) is 1. The Morgan fingerprint density at radius 3 is 2.30 bits per heavy atom. The Bertz CT molecular complexity index is 152. The zero-order valence-electron chi connectivity index (χ0n) is 5.94. The molecule has 3 heteroatoms. The Morgan fingerprint density at radius 2 is 2.00 bits per heavy atom. The maximum absolute atomic E-state index is 11.9. The summed E-state index contributed by atoms with van der Waals surface area (Å²) < 4.78 is 11.9. The Kier molecular flexibility index (Phi) is 4.85. The smallest absolute Gasteiger partial charge is 0.212 e. The van der Waals surface area contributed by atoms with Gasteiger partial charge in [-0.05, 0) is 12.1 Å². The number of pyridine rings is 1. The van der Waals surface area contributed by atoms with Crippen LogP contribution in [0.15, 0.2) is 18.3 Å². The Labute approximate surface area is 64.9 Å². The number of rotatable bonds is 0. The fourth-order valence-corrected chi connectivity index (χ4v) is 0.470. The molecule has 0 aliphatic heterocycles. The van der Waals surface area contributed by atoms with E-state index in [1.807, 2.05) is 13.8 Å². The van der Waals surface area contributed by atoms with Crippen molar-refractivity contribution in [3.63, 3.8) is 0 Å². The van der Waals surface area contributed by atoms with Gasteiger partial charge in [0.2, 0.25) is 5.95 Å². The molecule has 1 nitrogen and oxygen atoms in total. The Balaban J connectivity index is 0.000000371. The van der Waals surface area contributed by atoms with Crippen molar-refractivity contribution < 1.29 is 4.39 Å². The number of aromatic nitrogens is 1. The molecule has 56 valence electrons. The average Bonchev–Trinajstić information content (AvgIpc) is 2.00. The highest BCUT2D eigenvalue weighted by Gasteiger charge is 1.86. The summed E-state index contributed by atoms with van der Waals surface area (Å²) >= 11 is 5.38. The average molecular weight is 162 g/mol. The van der Waals surface area contributed by atoms with E-state index in [9.17, 15) is 4.39 Å². The van der Waals surface area contributed by atoms with Gasteiger partial charge in [0, 0.05) is 6.20 Å². The minimum atomic E-state index is -0.505. The van der Waals surface area contributed by atoms with Gasteiger partial charge in [0.1, 0.15) is 0 Å². The molecule has 1 rings (SSSR count). The molecular formula is C7H9ClFN. The van der Waals surface area contributed by atoms with Crippen molar-refractivity contribution in [3.8, 4) is 0 Å². The van der Waals surface area contributed by atoms with Crippen molar-refractivity contribution in [1.29, 1.82) is 0 Å². The second kappa shape index (κ2) is 5.18. The maximum Gasteiger partial charge on any atom is 0.212 e. The lowest BCUT2D eigenvalue weighted by atomic mass is 10.5.